The second-order valence-corrected chi connectivity index (χ2v) is 3.12. The van der Waals surface area contributed by atoms with Gasteiger partial charge in [0, 0.05) is 0 Å². The van der Waals surface area contributed by atoms with Gasteiger partial charge in [-0.25, -0.2) is 4.79 Å². The Hall–Kier alpha value is -1.57. The van der Waals surface area contributed by atoms with Crippen LogP contribution in [0.5, 0.6) is 0 Å². The van der Waals surface area contributed by atoms with Gasteiger partial charge in [-0.3, -0.25) is 0 Å². The molecule has 0 aliphatic heterocycles. The zero-order valence-electron chi connectivity index (χ0n) is 7.16. The fourth-order valence-corrected chi connectivity index (χ4v) is 1.48. The summed E-state index contributed by atoms with van der Waals surface area (Å²) >= 11 is 0. The molecular formula is C11H10O2. The molecule has 0 heterocycles. The molecule has 1 aliphatic rings. The third kappa shape index (κ3) is 1.35. The highest BCUT2D eigenvalue weighted by atomic mass is 16.4. The molecule has 13 heavy (non-hydrogen) atoms. The van der Waals surface area contributed by atoms with Crippen LogP contribution in [0.4, 0.5) is 0 Å². The van der Waals surface area contributed by atoms with Crippen LogP contribution in [0.1, 0.15) is 28.8 Å². The van der Waals surface area contributed by atoms with Crippen LogP contribution in [0.3, 0.4) is 0 Å². The van der Waals surface area contributed by atoms with Crippen LogP contribution in [0.2, 0.25) is 0 Å². The first kappa shape index (κ1) is 8.05. The van der Waals surface area contributed by atoms with E-state index in [1.54, 1.807) is 12.1 Å². The molecule has 1 aromatic carbocycles. The number of carboxylic acids is 1. The fraction of sp³-hybridized carbons (Fsp3) is 0.182. The van der Waals surface area contributed by atoms with E-state index in [1.807, 2.05) is 12.1 Å². The summed E-state index contributed by atoms with van der Waals surface area (Å²) in [6, 6.07) is 7.15. The van der Waals surface area contributed by atoms with Crippen molar-refractivity contribution in [3.05, 3.63) is 41.5 Å². The molecule has 1 N–H and O–H groups in total. The Balaban J connectivity index is 2.49. The molecule has 66 valence electrons. The average molecular weight is 174 g/mol. The predicted molar refractivity (Wildman–Crippen MR) is 50.6 cm³/mol. The summed E-state index contributed by atoms with van der Waals surface area (Å²) in [6.45, 7) is 0. The zero-order chi connectivity index (χ0) is 9.26. The van der Waals surface area contributed by atoms with Crippen LogP contribution in [0.25, 0.3) is 5.57 Å². The van der Waals surface area contributed by atoms with Gasteiger partial charge in [0.2, 0.25) is 0 Å². The first-order valence-electron chi connectivity index (χ1n) is 4.31. The van der Waals surface area contributed by atoms with Crippen LogP contribution < -0.4 is 0 Å². The van der Waals surface area contributed by atoms with Gasteiger partial charge < -0.3 is 5.11 Å². The van der Waals surface area contributed by atoms with E-state index in [2.05, 4.69) is 6.08 Å². The van der Waals surface area contributed by atoms with Crippen LogP contribution >= 0.6 is 0 Å². The monoisotopic (exact) mass is 174 g/mol. The molecule has 0 bridgehead atoms. The molecule has 0 atom stereocenters. The van der Waals surface area contributed by atoms with Crippen LogP contribution in [-0.2, 0) is 0 Å². The van der Waals surface area contributed by atoms with E-state index in [1.165, 1.54) is 0 Å². The second-order valence-electron chi connectivity index (χ2n) is 3.12. The van der Waals surface area contributed by atoms with E-state index in [9.17, 15) is 4.79 Å². The minimum Gasteiger partial charge on any atom is -0.478 e. The van der Waals surface area contributed by atoms with Crippen molar-refractivity contribution in [1.82, 2.24) is 0 Å². The normalized spacial score (nSPS) is 14.6. The summed E-state index contributed by atoms with van der Waals surface area (Å²) in [4.78, 5) is 10.8. The molecule has 0 unspecified atom stereocenters. The minimum absolute atomic E-state index is 0.411. The maximum absolute atomic E-state index is 10.8. The molecule has 0 fully saturated rings. The molecule has 0 amide bonds. The van der Waals surface area contributed by atoms with Gasteiger partial charge in [0.25, 0.3) is 0 Å². The zero-order valence-corrected chi connectivity index (χ0v) is 7.16. The Morgan fingerprint density at radius 2 is 2.00 bits per heavy atom. The van der Waals surface area contributed by atoms with Gasteiger partial charge in [0.1, 0.15) is 0 Å². The summed E-state index contributed by atoms with van der Waals surface area (Å²) in [6.07, 6.45) is 4.16. The molecule has 2 heteroatoms. The van der Waals surface area contributed by atoms with Crippen molar-refractivity contribution in [1.29, 1.82) is 0 Å². The summed E-state index contributed by atoms with van der Waals surface area (Å²) in [5, 5.41) is 8.91. The maximum atomic E-state index is 10.8. The third-order valence-corrected chi connectivity index (χ3v) is 2.31. The van der Waals surface area contributed by atoms with Gasteiger partial charge in [0.05, 0.1) is 5.56 Å². The van der Waals surface area contributed by atoms with Gasteiger partial charge in [-0.15, -0.1) is 0 Å². The lowest BCUT2D eigenvalue weighted by Gasteiger charge is -2.16. The summed E-state index contributed by atoms with van der Waals surface area (Å²) in [5.41, 5.74) is 2.45. The molecule has 1 aliphatic carbocycles. The lowest BCUT2D eigenvalue weighted by molar-refractivity contribution is 0.0696. The molecule has 2 nitrogen and oxygen atoms in total. The number of carboxylic acid groups (broad SMARTS) is 1. The van der Waals surface area contributed by atoms with E-state index in [0.29, 0.717) is 5.56 Å². The van der Waals surface area contributed by atoms with Crippen molar-refractivity contribution in [2.45, 2.75) is 12.8 Å². The number of carbonyl (C=O) groups is 1. The molecule has 2 rings (SSSR count). The van der Waals surface area contributed by atoms with Crippen molar-refractivity contribution >= 4 is 11.5 Å². The molecule has 0 saturated carbocycles. The highest BCUT2D eigenvalue weighted by molar-refractivity contribution is 5.94. The van der Waals surface area contributed by atoms with Gasteiger partial charge >= 0.3 is 5.97 Å². The second kappa shape index (κ2) is 3.05. The Labute approximate surface area is 76.5 Å². The number of aromatic carboxylic acids is 1. The van der Waals surface area contributed by atoms with Crippen molar-refractivity contribution < 1.29 is 9.90 Å². The average Bonchev–Trinajstić information content (AvgIpc) is 2.02. The van der Waals surface area contributed by atoms with Crippen LogP contribution in [0, 0.1) is 0 Å². The first-order chi connectivity index (χ1) is 6.29. The van der Waals surface area contributed by atoms with Crippen LogP contribution in [0.15, 0.2) is 30.3 Å². The Bertz CT molecular complexity index is 377. The summed E-state index contributed by atoms with van der Waals surface area (Å²) in [5.74, 6) is -0.844. The van der Waals surface area contributed by atoms with Gasteiger partial charge in [-0.2, -0.15) is 0 Å². The van der Waals surface area contributed by atoms with Crippen LogP contribution in [-0.4, -0.2) is 11.1 Å². The van der Waals surface area contributed by atoms with Crippen molar-refractivity contribution in [2.24, 2.45) is 0 Å². The van der Waals surface area contributed by atoms with Gasteiger partial charge in [-0.05, 0) is 30.0 Å². The summed E-state index contributed by atoms with van der Waals surface area (Å²) in [7, 11) is 0. The van der Waals surface area contributed by atoms with Gasteiger partial charge in [0.15, 0.2) is 0 Å². The SMILES string of the molecule is O=C(O)c1ccccc1C1=CCC1. The fourth-order valence-electron chi connectivity index (χ4n) is 1.48. The van der Waals surface area contributed by atoms with Crippen molar-refractivity contribution in [2.75, 3.05) is 0 Å². The Morgan fingerprint density at radius 3 is 2.54 bits per heavy atom. The van der Waals surface area contributed by atoms with E-state index in [4.69, 9.17) is 5.11 Å². The Morgan fingerprint density at radius 1 is 1.31 bits per heavy atom. The predicted octanol–water partition coefficient (Wildman–Crippen LogP) is 2.56. The topological polar surface area (TPSA) is 37.3 Å². The van der Waals surface area contributed by atoms with E-state index in [-0.39, 0.29) is 0 Å². The molecule has 1 aromatic rings. The number of hydrogen-bond donors (Lipinski definition) is 1. The molecule has 0 saturated heterocycles. The molecular weight excluding hydrogens is 164 g/mol. The third-order valence-electron chi connectivity index (χ3n) is 2.31. The molecule has 0 aromatic heterocycles. The number of allylic oxidation sites excluding steroid dienone is 2. The van der Waals surface area contributed by atoms with E-state index in [0.717, 1.165) is 24.0 Å². The first-order valence-corrected chi connectivity index (χ1v) is 4.31. The van der Waals surface area contributed by atoms with Crippen molar-refractivity contribution in [3.63, 3.8) is 0 Å². The highest BCUT2D eigenvalue weighted by Gasteiger charge is 2.15. The van der Waals surface area contributed by atoms with E-state index < -0.39 is 5.97 Å². The number of hydrogen-bond acceptors (Lipinski definition) is 1. The Kier molecular flexibility index (Phi) is 1.89. The lowest BCUT2D eigenvalue weighted by atomic mass is 9.89. The quantitative estimate of drug-likeness (QED) is 0.748. The lowest BCUT2D eigenvalue weighted by Crippen LogP contribution is -2.04. The highest BCUT2D eigenvalue weighted by Crippen LogP contribution is 2.30. The van der Waals surface area contributed by atoms with Crippen molar-refractivity contribution in [3.8, 4) is 0 Å². The standard InChI is InChI=1S/C11H10O2/c12-11(13)10-7-2-1-6-9(10)8-4-3-5-8/h1-2,4,6-7H,3,5H2,(H,12,13). The van der Waals surface area contributed by atoms with Gasteiger partial charge in [-0.1, -0.05) is 24.3 Å². The maximum Gasteiger partial charge on any atom is 0.336 e. The minimum atomic E-state index is -0.844. The van der Waals surface area contributed by atoms with E-state index >= 15 is 0 Å². The number of benzene rings is 1. The largest absolute Gasteiger partial charge is 0.478 e. The molecule has 0 radical (unpaired) electrons. The molecule has 0 spiro atoms. The smallest absolute Gasteiger partial charge is 0.336 e. The number of rotatable bonds is 2. The summed E-state index contributed by atoms with van der Waals surface area (Å²) < 4.78 is 0.